The average Bonchev–Trinajstić information content (AvgIpc) is 2.82. The quantitative estimate of drug-likeness (QED) is 0.562. The van der Waals surface area contributed by atoms with Crippen molar-refractivity contribution in [2.75, 3.05) is 0 Å². The van der Waals surface area contributed by atoms with Crippen LogP contribution in [-0.2, 0) is 28.8 Å². The Hall–Kier alpha value is -1.92. The van der Waals surface area contributed by atoms with Crippen LogP contribution < -0.4 is 0 Å². The van der Waals surface area contributed by atoms with Crippen LogP contribution in [-0.4, -0.2) is 34.9 Å². The summed E-state index contributed by atoms with van der Waals surface area (Å²) in [6, 6.07) is 0. The minimum absolute atomic E-state index is 0.0256. The van der Waals surface area contributed by atoms with Gasteiger partial charge >= 0.3 is 11.9 Å². The Bertz CT molecular complexity index is 515. The van der Waals surface area contributed by atoms with Crippen LogP contribution in [0.3, 0.4) is 0 Å². The lowest BCUT2D eigenvalue weighted by atomic mass is 9.69. The van der Waals surface area contributed by atoms with Gasteiger partial charge < -0.3 is 9.57 Å². The van der Waals surface area contributed by atoms with Gasteiger partial charge in [-0.2, -0.15) is 0 Å². The normalized spacial score (nSPS) is 30.4. The van der Waals surface area contributed by atoms with E-state index >= 15 is 0 Å². The van der Waals surface area contributed by atoms with Crippen LogP contribution >= 0.6 is 0 Å². The monoisotopic (exact) mass is 339 g/mol. The Labute approximate surface area is 141 Å². The molecule has 3 unspecified atom stereocenters. The first-order valence-corrected chi connectivity index (χ1v) is 8.57. The van der Waals surface area contributed by atoms with E-state index in [1.807, 2.05) is 6.92 Å². The summed E-state index contributed by atoms with van der Waals surface area (Å²) in [5.41, 5.74) is 0. The fourth-order valence-corrected chi connectivity index (χ4v) is 3.89. The first kappa shape index (κ1) is 18.4. The molecule has 2 aliphatic rings. The van der Waals surface area contributed by atoms with Crippen LogP contribution in [0.15, 0.2) is 0 Å². The van der Waals surface area contributed by atoms with Crippen molar-refractivity contribution >= 4 is 23.8 Å². The van der Waals surface area contributed by atoms with Gasteiger partial charge in [0, 0.05) is 25.7 Å². The third-order valence-corrected chi connectivity index (χ3v) is 5.05. The summed E-state index contributed by atoms with van der Waals surface area (Å²) in [7, 11) is 0. The molecule has 24 heavy (non-hydrogen) atoms. The maximum Gasteiger partial charge on any atom is 0.333 e. The van der Waals surface area contributed by atoms with Crippen LogP contribution in [0.2, 0.25) is 0 Å². The number of imide groups is 1. The highest BCUT2D eigenvalue weighted by molar-refractivity contribution is 6.01. The predicted octanol–water partition coefficient (Wildman–Crippen LogP) is 1.99. The van der Waals surface area contributed by atoms with Gasteiger partial charge in [0.25, 0.3) is 11.8 Å². The van der Waals surface area contributed by atoms with E-state index in [2.05, 4.69) is 6.92 Å². The summed E-state index contributed by atoms with van der Waals surface area (Å²) in [5, 5.41) is 0.566. The lowest BCUT2D eigenvalue weighted by molar-refractivity contribution is -0.200. The van der Waals surface area contributed by atoms with Crippen molar-refractivity contribution in [3.63, 3.8) is 0 Å². The fourth-order valence-electron chi connectivity index (χ4n) is 3.89. The summed E-state index contributed by atoms with van der Waals surface area (Å²) in [6.07, 6.45) is 2.33. The lowest BCUT2D eigenvalue weighted by Crippen LogP contribution is -2.41. The number of hydrogen-bond acceptors (Lipinski definition) is 6. The predicted molar refractivity (Wildman–Crippen MR) is 83.0 cm³/mol. The van der Waals surface area contributed by atoms with Crippen molar-refractivity contribution < 1.29 is 28.8 Å². The van der Waals surface area contributed by atoms with Gasteiger partial charge in [0.15, 0.2) is 0 Å². The topological polar surface area (TPSA) is 90.0 Å². The van der Waals surface area contributed by atoms with Crippen LogP contribution in [0.5, 0.6) is 0 Å². The van der Waals surface area contributed by atoms with Crippen molar-refractivity contribution in [2.24, 2.45) is 17.8 Å². The minimum atomic E-state index is -0.631. The number of amides is 2. The number of nitrogens with zero attached hydrogens (tertiary/aromatic N) is 1. The zero-order valence-corrected chi connectivity index (χ0v) is 14.4. The van der Waals surface area contributed by atoms with Gasteiger partial charge in [-0.15, -0.1) is 5.06 Å². The molecule has 2 amide bonds. The van der Waals surface area contributed by atoms with Crippen LogP contribution in [0, 0.1) is 17.8 Å². The van der Waals surface area contributed by atoms with Gasteiger partial charge in [-0.25, -0.2) is 4.79 Å². The molecule has 134 valence electrons. The first-order valence-electron chi connectivity index (χ1n) is 8.57. The molecule has 1 aliphatic heterocycles. The van der Waals surface area contributed by atoms with Crippen molar-refractivity contribution in [3.8, 4) is 0 Å². The van der Waals surface area contributed by atoms with Gasteiger partial charge in [-0.1, -0.05) is 20.3 Å². The van der Waals surface area contributed by atoms with Crippen LogP contribution in [0.4, 0.5) is 0 Å². The molecule has 1 heterocycles. The summed E-state index contributed by atoms with van der Waals surface area (Å²) in [6.45, 7) is 5.53. The third kappa shape index (κ3) is 4.13. The minimum Gasteiger partial charge on any atom is -0.462 e. The molecule has 1 saturated carbocycles. The molecule has 7 nitrogen and oxygen atoms in total. The fraction of sp³-hybridized carbons (Fsp3) is 0.765. The number of rotatable bonds is 5. The van der Waals surface area contributed by atoms with Crippen molar-refractivity contribution in [2.45, 2.75) is 65.4 Å². The zero-order valence-electron chi connectivity index (χ0n) is 14.4. The van der Waals surface area contributed by atoms with E-state index in [4.69, 9.17) is 9.57 Å². The van der Waals surface area contributed by atoms with Crippen molar-refractivity contribution in [3.05, 3.63) is 0 Å². The van der Waals surface area contributed by atoms with Crippen molar-refractivity contribution in [1.82, 2.24) is 5.06 Å². The van der Waals surface area contributed by atoms with Gasteiger partial charge in [-0.3, -0.25) is 14.4 Å². The molecule has 2 rings (SSSR count). The maximum atomic E-state index is 12.2. The Morgan fingerprint density at radius 1 is 1.12 bits per heavy atom. The van der Waals surface area contributed by atoms with E-state index in [1.54, 1.807) is 0 Å². The molecule has 0 radical (unpaired) electrons. The summed E-state index contributed by atoms with van der Waals surface area (Å²) in [4.78, 5) is 51.7. The molecular weight excluding hydrogens is 314 g/mol. The Balaban J connectivity index is 2.06. The van der Waals surface area contributed by atoms with Gasteiger partial charge in [-0.05, 0) is 24.7 Å². The molecule has 0 aromatic carbocycles. The number of ether oxygens (including phenoxy) is 1. The number of hydroxylamine groups is 2. The van der Waals surface area contributed by atoms with E-state index in [-0.39, 0.29) is 43.2 Å². The third-order valence-electron chi connectivity index (χ3n) is 5.05. The molecule has 4 atom stereocenters. The molecule has 0 bridgehead atoms. The highest BCUT2D eigenvalue weighted by Gasteiger charge is 2.41. The number of carbonyl (C=O) groups is 4. The number of esters is 1. The van der Waals surface area contributed by atoms with Gasteiger partial charge in [0.05, 0.1) is 6.42 Å². The molecule has 0 spiro atoms. The SMILES string of the molecule is CCC1C(CC(=O)ON2C(=O)CCC2=O)C(OC(C)=O)CC[C@@H]1C. The van der Waals surface area contributed by atoms with Crippen LogP contribution in [0.1, 0.15) is 59.3 Å². The summed E-state index contributed by atoms with van der Waals surface area (Å²) >= 11 is 0. The number of hydrogen-bond donors (Lipinski definition) is 0. The highest BCUT2D eigenvalue weighted by Crippen LogP contribution is 2.40. The standard InChI is InChI=1S/C17H25NO6/c1-4-12-10(2)5-6-14(23-11(3)19)13(12)9-17(22)24-18-15(20)7-8-16(18)21/h10,12-14H,4-9H2,1-3H3/t10-,12?,13?,14?/m0/s1. The summed E-state index contributed by atoms with van der Waals surface area (Å²) < 4.78 is 5.40. The van der Waals surface area contributed by atoms with E-state index in [0.29, 0.717) is 17.4 Å². The first-order chi connectivity index (χ1) is 11.3. The Morgan fingerprint density at radius 3 is 2.29 bits per heavy atom. The second-order valence-electron chi connectivity index (χ2n) is 6.69. The van der Waals surface area contributed by atoms with E-state index in [1.165, 1.54) is 6.92 Å². The molecule has 0 N–H and O–H groups in total. The second kappa shape index (κ2) is 7.77. The molecule has 1 saturated heterocycles. The van der Waals surface area contributed by atoms with Crippen LogP contribution in [0.25, 0.3) is 0 Å². The molecular formula is C17H25NO6. The van der Waals surface area contributed by atoms with E-state index in [0.717, 1.165) is 12.8 Å². The molecule has 7 heteroatoms. The molecule has 1 aliphatic carbocycles. The molecule has 0 aromatic rings. The molecule has 0 aromatic heterocycles. The zero-order chi connectivity index (χ0) is 17.9. The van der Waals surface area contributed by atoms with E-state index < -0.39 is 17.8 Å². The smallest absolute Gasteiger partial charge is 0.333 e. The average molecular weight is 339 g/mol. The Morgan fingerprint density at radius 2 is 1.75 bits per heavy atom. The Kier molecular flexibility index (Phi) is 5.96. The largest absolute Gasteiger partial charge is 0.462 e. The highest BCUT2D eigenvalue weighted by atomic mass is 16.7. The van der Waals surface area contributed by atoms with Gasteiger partial charge in [0.1, 0.15) is 6.10 Å². The van der Waals surface area contributed by atoms with Crippen molar-refractivity contribution in [1.29, 1.82) is 0 Å². The lowest BCUT2D eigenvalue weighted by Gasteiger charge is -2.40. The number of carbonyl (C=O) groups excluding carboxylic acids is 4. The van der Waals surface area contributed by atoms with E-state index in [9.17, 15) is 19.2 Å². The molecule has 2 fully saturated rings. The second-order valence-corrected chi connectivity index (χ2v) is 6.69. The maximum absolute atomic E-state index is 12.2. The summed E-state index contributed by atoms with van der Waals surface area (Å²) in [5.74, 6) is -1.51. The van der Waals surface area contributed by atoms with Gasteiger partial charge in [0.2, 0.25) is 0 Å².